The molecule has 0 saturated heterocycles. The zero-order chi connectivity index (χ0) is 23.4. The molecule has 178 valence electrons. The molecule has 0 amide bonds. The molecule has 2 aromatic heterocycles. The second-order valence-corrected chi connectivity index (χ2v) is 8.40. The Morgan fingerprint density at radius 1 is 1.12 bits per heavy atom. The van der Waals surface area contributed by atoms with Crippen LogP contribution in [0.5, 0.6) is 0 Å². The Labute approximate surface area is 189 Å². The molecule has 1 aromatic carbocycles. The Morgan fingerprint density at radius 2 is 1.97 bits per heavy atom. The van der Waals surface area contributed by atoms with Gasteiger partial charge in [0.1, 0.15) is 0 Å². The van der Waals surface area contributed by atoms with Crippen molar-refractivity contribution < 1.29 is 17.6 Å². The number of halogens is 4. The molecule has 3 heterocycles. The van der Waals surface area contributed by atoms with Crippen LogP contribution in [-0.4, -0.2) is 65.2 Å². The highest BCUT2D eigenvalue weighted by Gasteiger charge is 2.41. The van der Waals surface area contributed by atoms with Gasteiger partial charge in [-0.2, -0.15) is 18.3 Å². The highest BCUT2D eigenvalue weighted by Crippen LogP contribution is 2.41. The normalized spacial score (nSPS) is 19.1. The Kier molecular flexibility index (Phi) is 7.14. The molecule has 0 saturated carbocycles. The van der Waals surface area contributed by atoms with Crippen LogP contribution in [0.4, 0.5) is 23.2 Å². The zero-order valence-electron chi connectivity index (χ0n) is 18.4. The van der Waals surface area contributed by atoms with Gasteiger partial charge in [-0.05, 0) is 55.6 Å². The molecule has 0 spiro atoms. The molecule has 4 rings (SSSR count). The highest BCUT2D eigenvalue weighted by atomic mass is 19.4. The van der Waals surface area contributed by atoms with E-state index in [9.17, 15) is 17.6 Å². The number of aromatic nitrogens is 3. The van der Waals surface area contributed by atoms with E-state index in [0.29, 0.717) is 38.2 Å². The van der Waals surface area contributed by atoms with E-state index in [1.165, 1.54) is 4.90 Å². The molecule has 33 heavy (non-hydrogen) atoms. The third kappa shape index (κ3) is 5.44. The third-order valence-corrected chi connectivity index (χ3v) is 6.01. The van der Waals surface area contributed by atoms with Gasteiger partial charge in [0.2, 0.25) is 0 Å². The van der Waals surface area contributed by atoms with E-state index in [0.717, 1.165) is 27.7 Å². The number of hydrogen-bond acceptors (Lipinski definition) is 5. The van der Waals surface area contributed by atoms with Crippen molar-refractivity contribution in [1.29, 1.82) is 0 Å². The summed E-state index contributed by atoms with van der Waals surface area (Å²) in [5.74, 6) is 0. The Morgan fingerprint density at radius 3 is 2.70 bits per heavy atom. The van der Waals surface area contributed by atoms with Gasteiger partial charge in [0.05, 0.1) is 48.6 Å². The van der Waals surface area contributed by atoms with Crippen LogP contribution in [-0.2, 0) is 6.42 Å². The number of pyridine rings is 1. The fraction of sp³-hybridized carbons (Fsp3) is 0.478. The first-order chi connectivity index (χ1) is 15.9. The predicted molar refractivity (Wildman–Crippen MR) is 120 cm³/mol. The molecule has 0 aliphatic carbocycles. The molecule has 1 aliphatic rings. The van der Waals surface area contributed by atoms with E-state index >= 15 is 0 Å². The quantitative estimate of drug-likeness (QED) is 0.327. The number of hydrogen-bond donors (Lipinski definition) is 3. The van der Waals surface area contributed by atoms with Gasteiger partial charge >= 0.3 is 6.18 Å². The number of alkyl halides is 4. The van der Waals surface area contributed by atoms with Crippen molar-refractivity contribution in [2.24, 2.45) is 0 Å². The van der Waals surface area contributed by atoms with Crippen molar-refractivity contribution in [3.63, 3.8) is 0 Å². The number of anilines is 1. The largest absolute Gasteiger partial charge is 0.401 e. The summed E-state index contributed by atoms with van der Waals surface area (Å²) in [6.45, 7) is 2.41. The van der Waals surface area contributed by atoms with Crippen LogP contribution >= 0.6 is 0 Å². The average molecular weight is 465 g/mol. The summed E-state index contributed by atoms with van der Waals surface area (Å²) >= 11 is 0. The van der Waals surface area contributed by atoms with Crippen molar-refractivity contribution >= 4 is 16.6 Å². The van der Waals surface area contributed by atoms with Crippen molar-refractivity contribution in [2.45, 2.75) is 38.0 Å². The van der Waals surface area contributed by atoms with Crippen LogP contribution < -0.4 is 10.6 Å². The van der Waals surface area contributed by atoms with Gasteiger partial charge in [0, 0.05) is 24.5 Å². The number of nitrogens with zero attached hydrogens (tertiary/aromatic N) is 3. The van der Waals surface area contributed by atoms with Crippen LogP contribution in [0.1, 0.15) is 36.2 Å². The zero-order valence-corrected chi connectivity index (χ0v) is 18.4. The Bertz CT molecular complexity index is 1050. The predicted octanol–water partition coefficient (Wildman–Crippen LogP) is 4.22. The first-order valence-corrected chi connectivity index (χ1v) is 11.1. The van der Waals surface area contributed by atoms with Crippen LogP contribution in [0, 0.1) is 0 Å². The summed E-state index contributed by atoms with van der Waals surface area (Å²) in [7, 11) is 0. The molecule has 6 nitrogen and oxygen atoms in total. The number of rotatable bonds is 9. The van der Waals surface area contributed by atoms with Gasteiger partial charge in [-0.1, -0.05) is 6.07 Å². The van der Waals surface area contributed by atoms with Crippen molar-refractivity contribution in [3.05, 3.63) is 53.5 Å². The molecular weight excluding hydrogens is 436 g/mol. The van der Waals surface area contributed by atoms with Crippen LogP contribution in [0.2, 0.25) is 0 Å². The molecule has 0 radical (unpaired) electrons. The molecule has 10 heteroatoms. The smallest absolute Gasteiger partial charge is 0.383 e. The Hall–Kier alpha value is -2.72. The van der Waals surface area contributed by atoms with E-state index < -0.39 is 18.8 Å². The minimum atomic E-state index is -4.32. The third-order valence-electron chi connectivity index (χ3n) is 6.01. The second kappa shape index (κ2) is 10.0. The molecule has 3 aromatic rings. The van der Waals surface area contributed by atoms with Crippen LogP contribution in [0.25, 0.3) is 10.9 Å². The number of nitrogens with one attached hydrogen (secondary N) is 3. The molecule has 1 aliphatic heterocycles. The maximum atomic E-state index is 13.5. The van der Waals surface area contributed by atoms with Gasteiger partial charge in [-0.3, -0.25) is 19.4 Å². The van der Waals surface area contributed by atoms with Crippen LogP contribution in [0.15, 0.2) is 36.7 Å². The summed E-state index contributed by atoms with van der Waals surface area (Å²) < 4.78 is 52.6. The van der Waals surface area contributed by atoms with E-state index in [1.54, 1.807) is 18.5 Å². The maximum Gasteiger partial charge on any atom is 0.401 e. The first-order valence-electron chi connectivity index (χ1n) is 11.1. The van der Waals surface area contributed by atoms with Gasteiger partial charge < -0.3 is 10.6 Å². The SMILES string of the molecule is C[C@@H]1Cc2c(ccc3[nH]ncc23)[C@@H](c2ccc(NCCNCCCF)cn2)N1CC(F)(F)F. The van der Waals surface area contributed by atoms with E-state index in [2.05, 4.69) is 25.8 Å². The number of aromatic amines is 1. The highest BCUT2D eigenvalue weighted by molar-refractivity contribution is 5.83. The first kappa shape index (κ1) is 23.4. The van der Waals surface area contributed by atoms with Crippen molar-refractivity contribution in [1.82, 2.24) is 25.4 Å². The molecular formula is C23H28F4N6. The van der Waals surface area contributed by atoms with Crippen molar-refractivity contribution in [3.8, 4) is 0 Å². The number of fused-ring (bicyclic) bond motifs is 3. The van der Waals surface area contributed by atoms with Gasteiger partial charge in [-0.25, -0.2) is 0 Å². The molecule has 0 fully saturated rings. The minimum absolute atomic E-state index is 0.320. The standard InChI is InChI=1S/C23H28F4N6/c1-15-11-18-17(4-6-20-19(18)13-31-32-20)22(33(15)14-23(25,26)27)21-5-3-16(12-30-21)29-10-9-28-8-2-7-24/h3-6,12-13,15,22,28-29H,2,7-11,14H2,1H3,(H,31,32)/t15-,22+/m1/s1. The fourth-order valence-electron chi connectivity index (χ4n) is 4.49. The average Bonchev–Trinajstić information content (AvgIpc) is 3.26. The van der Waals surface area contributed by atoms with E-state index in [1.807, 2.05) is 25.1 Å². The van der Waals surface area contributed by atoms with E-state index in [-0.39, 0.29) is 12.7 Å². The van der Waals surface area contributed by atoms with Gasteiger partial charge in [-0.15, -0.1) is 0 Å². The summed E-state index contributed by atoms with van der Waals surface area (Å²) in [6.07, 6.45) is 0.0583. The monoisotopic (exact) mass is 464 g/mol. The lowest BCUT2D eigenvalue weighted by Gasteiger charge is -2.42. The van der Waals surface area contributed by atoms with Crippen LogP contribution in [0.3, 0.4) is 0 Å². The van der Waals surface area contributed by atoms with Crippen molar-refractivity contribution in [2.75, 3.05) is 38.2 Å². The molecule has 0 bridgehead atoms. The van der Waals surface area contributed by atoms with Gasteiger partial charge in [0.25, 0.3) is 0 Å². The molecule has 2 atom stereocenters. The topological polar surface area (TPSA) is 68.9 Å². The maximum absolute atomic E-state index is 13.5. The van der Waals surface area contributed by atoms with E-state index in [4.69, 9.17) is 0 Å². The fourth-order valence-corrected chi connectivity index (χ4v) is 4.49. The molecule has 3 N–H and O–H groups in total. The lowest BCUT2D eigenvalue weighted by Crippen LogP contribution is -2.47. The summed E-state index contributed by atoms with van der Waals surface area (Å²) in [5.41, 5.74) is 4.07. The summed E-state index contributed by atoms with van der Waals surface area (Å²) in [6, 6.07) is 6.44. The number of benzene rings is 1. The lowest BCUT2D eigenvalue weighted by molar-refractivity contribution is -0.155. The van der Waals surface area contributed by atoms with Gasteiger partial charge in [0.15, 0.2) is 0 Å². The minimum Gasteiger partial charge on any atom is -0.383 e. The Balaban J connectivity index is 1.59. The molecule has 0 unspecified atom stereocenters. The summed E-state index contributed by atoms with van der Waals surface area (Å²) in [5, 5.41) is 14.3. The lowest BCUT2D eigenvalue weighted by atomic mass is 9.85. The second-order valence-electron chi connectivity index (χ2n) is 8.40. The number of H-pyrrole nitrogens is 1. The summed E-state index contributed by atoms with van der Waals surface area (Å²) in [4.78, 5) is 6.03.